The Labute approximate surface area is 93.5 Å². The van der Waals surface area contributed by atoms with Crippen molar-refractivity contribution >= 4 is 8.56 Å². The van der Waals surface area contributed by atoms with E-state index in [1.54, 1.807) is 7.11 Å². The van der Waals surface area contributed by atoms with E-state index in [4.69, 9.17) is 8.85 Å². The monoisotopic (exact) mass is 224 g/mol. The molecule has 84 valence electrons. The summed E-state index contributed by atoms with van der Waals surface area (Å²) in [5, 5.41) is 0. The second kappa shape index (κ2) is 6.05. The largest absolute Gasteiger partial charge is 0.398 e. The highest BCUT2D eigenvalue weighted by Gasteiger charge is 2.28. The lowest BCUT2D eigenvalue weighted by molar-refractivity contribution is 0.215. The zero-order valence-electron chi connectivity index (χ0n) is 9.82. The quantitative estimate of drug-likeness (QED) is 0.692. The third-order valence-electron chi connectivity index (χ3n) is 2.59. The normalized spacial score (nSPS) is 14.9. The fourth-order valence-corrected chi connectivity index (χ4v) is 3.37. The lowest BCUT2D eigenvalue weighted by atomic mass is 10.2. The van der Waals surface area contributed by atoms with E-state index in [1.165, 1.54) is 5.56 Å². The van der Waals surface area contributed by atoms with E-state index in [-0.39, 0.29) is 0 Å². The predicted octanol–water partition coefficient (Wildman–Crippen LogP) is 2.98. The van der Waals surface area contributed by atoms with Crippen molar-refractivity contribution in [3.63, 3.8) is 0 Å². The fraction of sp³-hybridized carbons (Fsp3) is 0.500. The summed E-state index contributed by atoms with van der Waals surface area (Å²) in [7, 11) is -0.149. The number of rotatable bonds is 6. The van der Waals surface area contributed by atoms with Gasteiger partial charge in [0.1, 0.15) is 0 Å². The molecule has 1 aromatic carbocycles. The molecule has 0 aromatic heterocycles. The smallest absolute Gasteiger partial charge is 0.334 e. The molecular formula is C12H20O2Si. The minimum atomic E-state index is -1.91. The molecule has 0 aliphatic carbocycles. The Morgan fingerprint density at radius 2 is 1.87 bits per heavy atom. The Hall–Kier alpha value is -0.643. The number of benzene rings is 1. The van der Waals surface area contributed by atoms with Gasteiger partial charge in [0.05, 0.1) is 0 Å². The van der Waals surface area contributed by atoms with Crippen LogP contribution < -0.4 is 0 Å². The highest BCUT2D eigenvalue weighted by Crippen LogP contribution is 2.16. The van der Waals surface area contributed by atoms with Crippen LogP contribution in [-0.4, -0.2) is 22.3 Å². The van der Waals surface area contributed by atoms with E-state index in [9.17, 15) is 0 Å². The van der Waals surface area contributed by atoms with Gasteiger partial charge in [0.15, 0.2) is 0 Å². The molecule has 1 aromatic rings. The standard InChI is InChI=1S/C12H20O2Si/c1-4-14-15(3,13-2)11-10-12-8-6-5-7-9-12/h5-9H,4,10-11H2,1-3H3. The predicted molar refractivity (Wildman–Crippen MR) is 65.2 cm³/mol. The van der Waals surface area contributed by atoms with Gasteiger partial charge in [-0.1, -0.05) is 30.3 Å². The molecular weight excluding hydrogens is 204 g/mol. The lowest BCUT2D eigenvalue weighted by Gasteiger charge is -2.24. The molecule has 1 unspecified atom stereocenters. The highest BCUT2D eigenvalue weighted by molar-refractivity contribution is 6.66. The van der Waals surface area contributed by atoms with Gasteiger partial charge in [-0.05, 0) is 31.5 Å². The molecule has 0 saturated heterocycles. The summed E-state index contributed by atoms with van der Waals surface area (Å²) < 4.78 is 11.2. The van der Waals surface area contributed by atoms with E-state index >= 15 is 0 Å². The summed E-state index contributed by atoms with van der Waals surface area (Å²) in [5.41, 5.74) is 1.35. The highest BCUT2D eigenvalue weighted by atomic mass is 28.4. The summed E-state index contributed by atoms with van der Waals surface area (Å²) in [6.07, 6.45) is 1.04. The lowest BCUT2D eigenvalue weighted by Crippen LogP contribution is -2.37. The van der Waals surface area contributed by atoms with Gasteiger partial charge in [-0.25, -0.2) is 0 Å². The Morgan fingerprint density at radius 1 is 1.20 bits per heavy atom. The van der Waals surface area contributed by atoms with Crippen molar-refractivity contribution in [2.24, 2.45) is 0 Å². The Morgan fingerprint density at radius 3 is 2.40 bits per heavy atom. The van der Waals surface area contributed by atoms with Gasteiger partial charge in [-0.15, -0.1) is 0 Å². The molecule has 0 radical (unpaired) electrons. The molecule has 0 heterocycles. The van der Waals surface area contributed by atoms with Gasteiger partial charge in [-0.3, -0.25) is 0 Å². The molecule has 3 heteroatoms. The first-order valence-corrected chi connectivity index (χ1v) is 7.95. The van der Waals surface area contributed by atoms with Crippen LogP contribution in [0, 0.1) is 0 Å². The molecule has 1 atom stereocenters. The van der Waals surface area contributed by atoms with Crippen LogP contribution in [0.15, 0.2) is 30.3 Å². The van der Waals surface area contributed by atoms with Crippen LogP contribution in [0.1, 0.15) is 12.5 Å². The van der Waals surface area contributed by atoms with Gasteiger partial charge >= 0.3 is 8.56 Å². The van der Waals surface area contributed by atoms with Crippen molar-refractivity contribution < 1.29 is 8.85 Å². The first-order chi connectivity index (χ1) is 7.20. The van der Waals surface area contributed by atoms with Crippen LogP contribution in [0.25, 0.3) is 0 Å². The first kappa shape index (κ1) is 12.4. The molecule has 15 heavy (non-hydrogen) atoms. The molecule has 0 bridgehead atoms. The van der Waals surface area contributed by atoms with Crippen molar-refractivity contribution in [2.75, 3.05) is 13.7 Å². The van der Waals surface area contributed by atoms with E-state index in [0.717, 1.165) is 19.1 Å². The molecule has 0 saturated carbocycles. The van der Waals surface area contributed by atoms with E-state index < -0.39 is 8.56 Å². The third-order valence-corrected chi connectivity index (χ3v) is 5.51. The second-order valence-corrected chi connectivity index (χ2v) is 7.22. The van der Waals surface area contributed by atoms with Crippen LogP contribution in [0.5, 0.6) is 0 Å². The van der Waals surface area contributed by atoms with Crippen molar-refractivity contribution in [3.05, 3.63) is 35.9 Å². The van der Waals surface area contributed by atoms with Gasteiger partial charge in [0.2, 0.25) is 0 Å². The van der Waals surface area contributed by atoms with E-state index in [0.29, 0.717) is 0 Å². The van der Waals surface area contributed by atoms with Crippen molar-refractivity contribution in [1.82, 2.24) is 0 Å². The van der Waals surface area contributed by atoms with Crippen LogP contribution in [0.4, 0.5) is 0 Å². The Kier molecular flexibility index (Phi) is 5.01. The summed E-state index contributed by atoms with van der Waals surface area (Å²) in [4.78, 5) is 0. The zero-order valence-corrected chi connectivity index (χ0v) is 10.8. The van der Waals surface area contributed by atoms with Gasteiger partial charge in [-0.2, -0.15) is 0 Å². The fourth-order valence-electron chi connectivity index (χ4n) is 1.55. The molecule has 2 nitrogen and oxygen atoms in total. The van der Waals surface area contributed by atoms with Crippen LogP contribution in [0.2, 0.25) is 12.6 Å². The summed E-state index contributed by atoms with van der Waals surface area (Å²) in [6, 6.07) is 11.5. The van der Waals surface area contributed by atoms with Crippen LogP contribution in [-0.2, 0) is 15.3 Å². The van der Waals surface area contributed by atoms with Crippen molar-refractivity contribution in [1.29, 1.82) is 0 Å². The average molecular weight is 224 g/mol. The second-order valence-electron chi connectivity index (χ2n) is 3.76. The SMILES string of the molecule is CCO[Si](C)(CCc1ccccc1)OC. The third kappa shape index (κ3) is 4.16. The maximum atomic E-state index is 5.72. The van der Waals surface area contributed by atoms with E-state index in [2.05, 4.69) is 30.8 Å². The topological polar surface area (TPSA) is 18.5 Å². The van der Waals surface area contributed by atoms with Gasteiger partial charge < -0.3 is 8.85 Å². The summed E-state index contributed by atoms with van der Waals surface area (Å²) in [5.74, 6) is 0. The molecule has 1 rings (SSSR count). The minimum absolute atomic E-state index is 0.741. The minimum Gasteiger partial charge on any atom is -0.398 e. The molecule has 0 N–H and O–H groups in total. The molecule has 0 aliphatic heterocycles. The Balaban J connectivity index is 2.47. The zero-order chi connectivity index (χ0) is 11.1. The maximum Gasteiger partial charge on any atom is 0.334 e. The van der Waals surface area contributed by atoms with E-state index in [1.807, 2.05) is 13.0 Å². The van der Waals surface area contributed by atoms with Crippen molar-refractivity contribution in [3.8, 4) is 0 Å². The number of hydrogen-bond donors (Lipinski definition) is 0. The molecule has 0 spiro atoms. The summed E-state index contributed by atoms with van der Waals surface area (Å²) in [6.45, 7) is 4.89. The number of aryl methyl sites for hydroxylation is 1. The molecule has 0 aliphatic rings. The maximum absolute atomic E-state index is 5.72. The summed E-state index contributed by atoms with van der Waals surface area (Å²) >= 11 is 0. The van der Waals surface area contributed by atoms with Crippen LogP contribution >= 0.6 is 0 Å². The van der Waals surface area contributed by atoms with Crippen molar-refractivity contribution in [2.45, 2.75) is 25.9 Å². The average Bonchev–Trinajstić information content (AvgIpc) is 2.28. The Bertz CT molecular complexity index is 276. The number of hydrogen-bond acceptors (Lipinski definition) is 2. The molecule has 0 fully saturated rings. The van der Waals surface area contributed by atoms with Gasteiger partial charge in [0, 0.05) is 13.7 Å². The van der Waals surface area contributed by atoms with Gasteiger partial charge in [0.25, 0.3) is 0 Å². The first-order valence-electron chi connectivity index (χ1n) is 5.43. The molecule has 0 amide bonds. The van der Waals surface area contributed by atoms with Crippen LogP contribution in [0.3, 0.4) is 0 Å².